The fourth-order valence-corrected chi connectivity index (χ4v) is 4.93. The summed E-state index contributed by atoms with van der Waals surface area (Å²) in [5.41, 5.74) is 0.526. The Labute approximate surface area is 203 Å². The molecule has 1 saturated heterocycles. The summed E-state index contributed by atoms with van der Waals surface area (Å²) in [5.74, 6) is -0.266. The van der Waals surface area contributed by atoms with Crippen LogP contribution < -0.4 is 16.8 Å². The monoisotopic (exact) mass is 492 g/mol. The predicted octanol–water partition coefficient (Wildman–Crippen LogP) is 0.472. The Hall–Kier alpha value is -3.83. The minimum absolute atomic E-state index is 0.105. The van der Waals surface area contributed by atoms with E-state index in [0.717, 1.165) is 10.1 Å². The lowest BCUT2D eigenvalue weighted by Crippen LogP contribution is -2.51. The van der Waals surface area contributed by atoms with Gasteiger partial charge in [-0.2, -0.15) is 0 Å². The van der Waals surface area contributed by atoms with Gasteiger partial charge in [-0.25, -0.2) is 9.78 Å². The summed E-state index contributed by atoms with van der Waals surface area (Å²) >= 11 is 1.41. The van der Waals surface area contributed by atoms with Crippen LogP contribution in [0.15, 0.2) is 74.6 Å². The summed E-state index contributed by atoms with van der Waals surface area (Å²) in [6.07, 6.45) is 3.17. The fourth-order valence-electron chi connectivity index (χ4n) is 4.19. The quantitative estimate of drug-likeness (QED) is 0.388. The molecule has 5 rings (SSSR count). The third-order valence-electron chi connectivity index (χ3n) is 6.10. The van der Waals surface area contributed by atoms with Gasteiger partial charge in [-0.3, -0.25) is 32.8 Å². The van der Waals surface area contributed by atoms with Gasteiger partial charge in [0.25, 0.3) is 11.1 Å². The molecule has 4 heterocycles. The first-order valence-electron chi connectivity index (χ1n) is 11.3. The molecule has 11 heteroatoms. The predicted molar refractivity (Wildman–Crippen MR) is 132 cm³/mol. The number of hydrogen-bond acceptors (Lipinski definition) is 7. The van der Waals surface area contributed by atoms with Crippen LogP contribution in [0.1, 0.15) is 11.3 Å². The normalized spacial score (nSPS) is 14.5. The zero-order valence-corrected chi connectivity index (χ0v) is 19.8. The number of rotatable bonds is 6. The molecular weight excluding hydrogens is 468 g/mol. The van der Waals surface area contributed by atoms with Crippen LogP contribution in [0.4, 0.5) is 0 Å². The maximum absolute atomic E-state index is 12.9. The molecule has 1 aliphatic rings. The van der Waals surface area contributed by atoms with Gasteiger partial charge in [0.1, 0.15) is 6.54 Å². The van der Waals surface area contributed by atoms with E-state index in [1.165, 1.54) is 32.6 Å². The molecule has 10 nitrogen and oxygen atoms in total. The van der Waals surface area contributed by atoms with E-state index in [4.69, 9.17) is 0 Å². The Kier molecular flexibility index (Phi) is 6.43. The molecule has 35 heavy (non-hydrogen) atoms. The van der Waals surface area contributed by atoms with Crippen LogP contribution in [-0.4, -0.2) is 60.4 Å². The average Bonchev–Trinajstić information content (AvgIpc) is 3.34. The van der Waals surface area contributed by atoms with E-state index in [1.54, 1.807) is 17.2 Å². The highest BCUT2D eigenvalue weighted by molar-refractivity contribution is 7.15. The van der Waals surface area contributed by atoms with Crippen molar-refractivity contribution in [3.63, 3.8) is 0 Å². The zero-order valence-electron chi connectivity index (χ0n) is 18.9. The number of nitrogens with zero attached hydrogens (tertiary/aromatic N) is 6. The third kappa shape index (κ3) is 5.00. The molecule has 0 unspecified atom stereocenters. The Morgan fingerprint density at radius 2 is 1.69 bits per heavy atom. The average molecular weight is 493 g/mol. The van der Waals surface area contributed by atoms with Gasteiger partial charge < -0.3 is 4.90 Å². The lowest BCUT2D eigenvalue weighted by molar-refractivity contribution is -0.133. The Morgan fingerprint density at radius 3 is 2.46 bits per heavy atom. The SMILES string of the molecule is O=C(Cn1c(=O)ccn(Cc2ccccc2)c1=O)N1CCN(Cc2cc(=O)n3ccsc3n2)CC1. The summed E-state index contributed by atoms with van der Waals surface area (Å²) in [6, 6.07) is 12.3. The number of thiazole rings is 1. The zero-order chi connectivity index (χ0) is 24.4. The summed E-state index contributed by atoms with van der Waals surface area (Å²) < 4.78 is 3.94. The Bertz CT molecular complexity index is 1530. The van der Waals surface area contributed by atoms with Crippen molar-refractivity contribution in [2.24, 2.45) is 0 Å². The number of carbonyl (C=O) groups excluding carboxylic acids is 1. The van der Waals surface area contributed by atoms with E-state index in [2.05, 4.69) is 9.88 Å². The topological polar surface area (TPSA) is 102 Å². The summed E-state index contributed by atoms with van der Waals surface area (Å²) in [5, 5.41) is 1.83. The maximum Gasteiger partial charge on any atom is 0.331 e. The minimum atomic E-state index is -0.505. The number of fused-ring (bicyclic) bond motifs is 1. The molecule has 3 aromatic heterocycles. The van der Waals surface area contributed by atoms with E-state index < -0.39 is 11.2 Å². The van der Waals surface area contributed by atoms with Gasteiger partial charge in [-0.05, 0) is 5.56 Å². The number of piperazine rings is 1. The largest absolute Gasteiger partial charge is 0.339 e. The molecule has 0 aliphatic carbocycles. The van der Waals surface area contributed by atoms with Crippen LogP contribution in [-0.2, 0) is 24.4 Å². The minimum Gasteiger partial charge on any atom is -0.339 e. The molecular formula is C24H24N6O4S. The number of carbonyl (C=O) groups is 1. The maximum atomic E-state index is 12.9. The van der Waals surface area contributed by atoms with Crippen molar-refractivity contribution in [3.8, 4) is 0 Å². The molecule has 0 radical (unpaired) electrons. The Balaban J connectivity index is 1.22. The van der Waals surface area contributed by atoms with E-state index in [1.807, 2.05) is 35.7 Å². The first kappa shape index (κ1) is 22.9. The van der Waals surface area contributed by atoms with Gasteiger partial charge in [-0.1, -0.05) is 30.3 Å². The van der Waals surface area contributed by atoms with Gasteiger partial charge in [0.15, 0.2) is 4.96 Å². The molecule has 1 amide bonds. The van der Waals surface area contributed by atoms with Crippen LogP contribution in [0.2, 0.25) is 0 Å². The first-order valence-corrected chi connectivity index (χ1v) is 12.2. The van der Waals surface area contributed by atoms with Gasteiger partial charge in [0.05, 0.1) is 12.2 Å². The summed E-state index contributed by atoms with van der Waals surface area (Å²) in [6.45, 7) is 2.71. The highest BCUT2D eigenvalue weighted by Crippen LogP contribution is 2.10. The second-order valence-corrected chi connectivity index (χ2v) is 9.31. The van der Waals surface area contributed by atoms with Crippen molar-refractivity contribution < 1.29 is 4.79 Å². The van der Waals surface area contributed by atoms with Crippen molar-refractivity contribution >= 4 is 22.2 Å². The van der Waals surface area contributed by atoms with Crippen LogP contribution in [0.25, 0.3) is 4.96 Å². The fraction of sp³-hybridized carbons (Fsp3) is 0.292. The molecule has 0 saturated carbocycles. The van der Waals surface area contributed by atoms with Crippen molar-refractivity contribution in [1.29, 1.82) is 0 Å². The Morgan fingerprint density at radius 1 is 0.914 bits per heavy atom. The van der Waals surface area contributed by atoms with Crippen molar-refractivity contribution in [3.05, 3.63) is 103 Å². The molecule has 0 N–H and O–H groups in total. The summed E-state index contributed by atoms with van der Waals surface area (Å²) in [7, 11) is 0. The lowest BCUT2D eigenvalue weighted by atomic mass is 10.2. The highest BCUT2D eigenvalue weighted by atomic mass is 32.1. The van der Waals surface area contributed by atoms with Gasteiger partial charge in [0.2, 0.25) is 5.91 Å². The molecule has 0 bridgehead atoms. The van der Waals surface area contributed by atoms with Crippen molar-refractivity contribution in [2.45, 2.75) is 19.6 Å². The number of hydrogen-bond donors (Lipinski definition) is 0. The molecule has 1 fully saturated rings. The second kappa shape index (κ2) is 9.80. The van der Waals surface area contributed by atoms with E-state index >= 15 is 0 Å². The molecule has 1 aromatic carbocycles. The second-order valence-electron chi connectivity index (χ2n) is 8.43. The third-order valence-corrected chi connectivity index (χ3v) is 6.85. The number of benzene rings is 1. The van der Waals surface area contributed by atoms with Crippen molar-refractivity contribution in [2.75, 3.05) is 26.2 Å². The molecule has 180 valence electrons. The molecule has 4 aromatic rings. The summed E-state index contributed by atoms with van der Waals surface area (Å²) in [4.78, 5) is 59.4. The van der Waals surface area contributed by atoms with E-state index in [0.29, 0.717) is 49.9 Å². The van der Waals surface area contributed by atoms with Crippen molar-refractivity contribution in [1.82, 2.24) is 28.3 Å². The number of aromatic nitrogens is 4. The van der Waals surface area contributed by atoms with Crippen LogP contribution >= 0.6 is 11.3 Å². The first-order chi connectivity index (χ1) is 17.0. The van der Waals surface area contributed by atoms with E-state index in [9.17, 15) is 19.2 Å². The number of amides is 1. The van der Waals surface area contributed by atoms with Gasteiger partial charge in [-0.15, -0.1) is 11.3 Å². The molecule has 1 aliphatic heterocycles. The molecule has 0 atom stereocenters. The van der Waals surface area contributed by atoms with Gasteiger partial charge in [0, 0.05) is 62.6 Å². The van der Waals surface area contributed by atoms with Crippen LogP contribution in [0, 0.1) is 0 Å². The van der Waals surface area contributed by atoms with E-state index in [-0.39, 0.29) is 18.0 Å². The smallest absolute Gasteiger partial charge is 0.331 e. The highest BCUT2D eigenvalue weighted by Gasteiger charge is 2.23. The van der Waals surface area contributed by atoms with Gasteiger partial charge >= 0.3 is 5.69 Å². The van der Waals surface area contributed by atoms with Crippen LogP contribution in [0.5, 0.6) is 0 Å². The molecule has 0 spiro atoms. The van der Waals surface area contributed by atoms with Crippen LogP contribution in [0.3, 0.4) is 0 Å². The standard InChI is InChI=1S/C24H24N6O4S/c31-20-6-7-28(15-18-4-2-1-3-5-18)24(34)30(20)17-22(33)27-10-8-26(9-11-27)16-19-14-21(32)29-12-13-35-23(29)25-19/h1-7,12-14H,8-11,15-17H2. The lowest BCUT2D eigenvalue weighted by Gasteiger charge is -2.34.